The molecule has 1 saturated carbocycles. The number of ether oxygens (including phenoxy) is 1. The number of aromatic hydroxyl groups is 1. The van der Waals surface area contributed by atoms with Gasteiger partial charge in [0.2, 0.25) is 5.91 Å². The van der Waals surface area contributed by atoms with E-state index in [4.69, 9.17) is 4.74 Å². The lowest BCUT2D eigenvalue weighted by Gasteiger charge is -2.18. The summed E-state index contributed by atoms with van der Waals surface area (Å²) in [5.74, 6) is 0.176. The summed E-state index contributed by atoms with van der Waals surface area (Å²) < 4.78 is 5.38. The highest BCUT2D eigenvalue weighted by Gasteiger charge is 2.60. The molecule has 1 aliphatic carbocycles. The topological polar surface area (TPSA) is 70.9 Å². The molecule has 2 N–H and O–H groups in total. The number of carbonyl (C=O) groups excluding carboxylic acids is 1. The standard InChI is InChI=1S/C25H24N2O3/c1-2-30-23-15-18(13-14-22(23)28)17-26-27-24(29)21-16-25(21,19-9-5-3-6-10-19)20-11-7-4-8-12-20/h3-15,17,21,28H,2,16H2,1H3,(H,27,29)/b26-17+/t21-/m0/s1. The number of benzene rings is 3. The third-order valence-corrected chi connectivity index (χ3v) is 5.53. The fourth-order valence-corrected chi connectivity index (χ4v) is 3.99. The molecule has 0 bridgehead atoms. The highest BCUT2D eigenvalue weighted by Crippen LogP contribution is 2.58. The van der Waals surface area contributed by atoms with E-state index in [1.165, 1.54) is 0 Å². The zero-order valence-electron chi connectivity index (χ0n) is 16.8. The molecule has 30 heavy (non-hydrogen) atoms. The summed E-state index contributed by atoms with van der Waals surface area (Å²) in [6, 6.07) is 25.2. The maximum Gasteiger partial charge on any atom is 0.244 e. The van der Waals surface area contributed by atoms with Gasteiger partial charge in [-0.2, -0.15) is 5.10 Å². The van der Waals surface area contributed by atoms with Crippen LogP contribution in [-0.4, -0.2) is 23.8 Å². The number of hydrogen-bond acceptors (Lipinski definition) is 4. The molecule has 1 fully saturated rings. The van der Waals surface area contributed by atoms with Gasteiger partial charge in [-0.05, 0) is 48.2 Å². The Bertz CT molecular complexity index is 1010. The van der Waals surface area contributed by atoms with Crippen LogP contribution >= 0.6 is 0 Å². The van der Waals surface area contributed by atoms with Crippen LogP contribution < -0.4 is 10.2 Å². The van der Waals surface area contributed by atoms with Crippen LogP contribution in [0.3, 0.4) is 0 Å². The molecular formula is C25H24N2O3. The van der Waals surface area contributed by atoms with Crippen molar-refractivity contribution in [1.29, 1.82) is 0 Å². The fraction of sp³-hybridized carbons (Fsp3) is 0.200. The average Bonchev–Trinajstić information content (AvgIpc) is 3.54. The molecule has 0 spiro atoms. The quantitative estimate of drug-likeness (QED) is 0.460. The summed E-state index contributed by atoms with van der Waals surface area (Å²) in [4.78, 5) is 12.9. The third-order valence-electron chi connectivity index (χ3n) is 5.53. The van der Waals surface area contributed by atoms with Crippen molar-refractivity contribution in [3.8, 4) is 11.5 Å². The Morgan fingerprint density at radius 3 is 2.33 bits per heavy atom. The Kier molecular flexibility index (Phi) is 5.53. The number of hydrazone groups is 1. The summed E-state index contributed by atoms with van der Waals surface area (Å²) in [6.07, 6.45) is 2.30. The molecule has 152 valence electrons. The SMILES string of the molecule is CCOc1cc(/C=N/NC(=O)[C@@H]2CC2(c2ccccc2)c2ccccc2)ccc1O. The monoisotopic (exact) mass is 400 g/mol. The molecule has 3 aromatic rings. The second kappa shape index (κ2) is 8.41. The van der Waals surface area contributed by atoms with Crippen molar-refractivity contribution in [1.82, 2.24) is 5.43 Å². The molecule has 1 aliphatic rings. The van der Waals surface area contributed by atoms with Gasteiger partial charge >= 0.3 is 0 Å². The molecule has 5 heteroatoms. The van der Waals surface area contributed by atoms with Gasteiger partial charge in [-0.1, -0.05) is 60.7 Å². The van der Waals surface area contributed by atoms with Gasteiger partial charge in [0, 0.05) is 5.41 Å². The molecule has 1 atom stereocenters. The summed E-state index contributed by atoms with van der Waals surface area (Å²) in [6.45, 7) is 2.30. The highest BCUT2D eigenvalue weighted by atomic mass is 16.5. The van der Waals surface area contributed by atoms with Crippen LogP contribution in [0, 0.1) is 5.92 Å². The smallest absolute Gasteiger partial charge is 0.244 e. The van der Waals surface area contributed by atoms with Gasteiger partial charge in [-0.15, -0.1) is 0 Å². The van der Waals surface area contributed by atoms with Crippen LogP contribution in [-0.2, 0) is 10.2 Å². The fourth-order valence-electron chi connectivity index (χ4n) is 3.99. The van der Waals surface area contributed by atoms with Crippen LogP contribution in [0.1, 0.15) is 30.0 Å². The average molecular weight is 400 g/mol. The summed E-state index contributed by atoms with van der Waals surface area (Å²) in [7, 11) is 0. The first kappa shape index (κ1) is 19.7. The Hall–Kier alpha value is -3.60. The summed E-state index contributed by atoms with van der Waals surface area (Å²) >= 11 is 0. The first-order valence-electron chi connectivity index (χ1n) is 10.0. The van der Waals surface area contributed by atoms with Crippen LogP contribution in [0.4, 0.5) is 0 Å². The zero-order chi connectivity index (χ0) is 21.0. The van der Waals surface area contributed by atoms with Gasteiger partial charge in [0.1, 0.15) is 0 Å². The molecule has 0 saturated heterocycles. The van der Waals surface area contributed by atoms with Gasteiger partial charge in [-0.3, -0.25) is 4.79 Å². The summed E-state index contributed by atoms with van der Waals surface area (Å²) in [5, 5.41) is 13.9. The number of phenols is 1. The van der Waals surface area contributed by atoms with E-state index in [1.54, 1.807) is 24.4 Å². The molecule has 0 heterocycles. The number of carbonyl (C=O) groups is 1. The molecule has 5 nitrogen and oxygen atoms in total. The van der Waals surface area contributed by atoms with E-state index in [0.717, 1.165) is 23.1 Å². The number of nitrogens with one attached hydrogen (secondary N) is 1. The Balaban J connectivity index is 1.50. The van der Waals surface area contributed by atoms with Gasteiger partial charge in [0.15, 0.2) is 11.5 Å². The molecule has 0 aromatic heterocycles. The van der Waals surface area contributed by atoms with Crippen molar-refractivity contribution in [2.75, 3.05) is 6.61 Å². The molecule has 0 aliphatic heterocycles. The number of nitrogens with zero attached hydrogens (tertiary/aromatic N) is 1. The molecule has 1 amide bonds. The highest BCUT2D eigenvalue weighted by molar-refractivity contribution is 5.88. The minimum atomic E-state index is -0.317. The Morgan fingerprint density at radius 1 is 1.10 bits per heavy atom. The predicted molar refractivity (Wildman–Crippen MR) is 117 cm³/mol. The second-order valence-corrected chi connectivity index (χ2v) is 7.35. The number of phenolic OH excluding ortho intramolecular Hbond substituents is 1. The van der Waals surface area contributed by atoms with Crippen LogP contribution in [0.15, 0.2) is 84.0 Å². The maximum atomic E-state index is 12.9. The normalized spacial score (nSPS) is 16.9. The van der Waals surface area contributed by atoms with Crippen LogP contribution in [0.5, 0.6) is 11.5 Å². The van der Waals surface area contributed by atoms with E-state index >= 15 is 0 Å². The summed E-state index contributed by atoms with van der Waals surface area (Å²) in [5.41, 5.74) is 5.37. The molecular weight excluding hydrogens is 376 g/mol. The molecule has 0 radical (unpaired) electrons. The molecule has 3 aromatic carbocycles. The van der Waals surface area contributed by atoms with Gasteiger partial charge in [0.05, 0.1) is 18.7 Å². The molecule has 0 unspecified atom stereocenters. The van der Waals surface area contributed by atoms with Gasteiger partial charge in [0.25, 0.3) is 0 Å². The van der Waals surface area contributed by atoms with E-state index in [1.807, 2.05) is 43.3 Å². The van der Waals surface area contributed by atoms with Crippen molar-refractivity contribution < 1.29 is 14.6 Å². The van der Waals surface area contributed by atoms with Gasteiger partial charge in [-0.25, -0.2) is 5.43 Å². The van der Waals surface area contributed by atoms with E-state index in [0.29, 0.717) is 12.4 Å². The Labute approximate surface area is 176 Å². The third kappa shape index (κ3) is 3.79. The second-order valence-electron chi connectivity index (χ2n) is 7.35. The minimum absolute atomic E-state index is 0.0755. The van der Waals surface area contributed by atoms with E-state index in [-0.39, 0.29) is 23.0 Å². The van der Waals surface area contributed by atoms with Crippen molar-refractivity contribution >= 4 is 12.1 Å². The van der Waals surface area contributed by atoms with Crippen LogP contribution in [0.25, 0.3) is 0 Å². The largest absolute Gasteiger partial charge is 0.504 e. The minimum Gasteiger partial charge on any atom is -0.504 e. The number of rotatable bonds is 7. The molecule has 4 rings (SSSR count). The predicted octanol–water partition coefficient (Wildman–Crippen LogP) is 4.25. The van der Waals surface area contributed by atoms with E-state index in [2.05, 4.69) is 34.8 Å². The zero-order valence-corrected chi connectivity index (χ0v) is 16.8. The maximum absolute atomic E-state index is 12.9. The lowest BCUT2D eigenvalue weighted by atomic mass is 9.85. The van der Waals surface area contributed by atoms with Crippen LogP contribution in [0.2, 0.25) is 0 Å². The number of amides is 1. The lowest BCUT2D eigenvalue weighted by Crippen LogP contribution is -2.25. The van der Waals surface area contributed by atoms with Crippen molar-refractivity contribution in [3.63, 3.8) is 0 Å². The van der Waals surface area contributed by atoms with Crippen molar-refractivity contribution in [2.45, 2.75) is 18.8 Å². The van der Waals surface area contributed by atoms with E-state index in [9.17, 15) is 9.90 Å². The van der Waals surface area contributed by atoms with E-state index < -0.39 is 0 Å². The van der Waals surface area contributed by atoms with Crippen molar-refractivity contribution in [3.05, 3.63) is 95.6 Å². The lowest BCUT2D eigenvalue weighted by molar-refractivity contribution is -0.122. The Morgan fingerprint density at radius 2 is 1.73 bits per heavy atom. The first-order chi connectivity index (χ1) is 14.6. The first-order valence-corrected chi connectivity index (χ1v) is 10.0. The van der Waals surface area contributed by atoms with Gasteiger partial charge < -0.3 is 9.84 Å². The number of hydrogen-bond donors (Lipinski definition) is 2. The van der Waals surface area contributed by atoms with Crippen molar-refractivity contribution in [2.24, 2.45) is 11.0 Å².